The van der Waals surface area contributed by atoms with E-state index in [0.29, 0.717) is 5.56 Å². The number of aromatic hydroxyl groups is 2. The van der Waals surface area contributed by atoms with Crippen LogP contribution in [0.15, 0.2) is 36.4 Å². The lowest BCUT2D eigenvalue weighted by atomic mass is 10.1. The molecule has 104 valence electrons. The number of carbonyl (C=O) groups excluding carboxylic acids is 1. The summed E-state index contributed by atoms with van der Waals surface area (Å²) < 4.78 is 0. The van der Waals surface area contributed by atoms with E-state index in [1.54, 1.807) is 6.07 Å². The van der Waals surface area contributed by atoms with Crippen molar-refractivity contribution in [3.8, 4) is 11.5 Å². The molecule has 4 heteroatoms. The number of phenols is 2. The Hall–Kier alpha value is -2.49. The van der Waals surface area contributed by atoms with Crippen molar-refractivity contribution in [3.05, 3.63) is 53.1 Å². The molecule has 20 heavy (non-hydrogen) atoms. The number of hydrogen-bond donors (Lipinski definition) is 3. The van der Waals surface area contributed by atoms with Gasteiger partial charge in [0.2, 0.25) is 5.91 Å². The average molecular weight is 271 g/mol. The van der Waals surface area contributed by atoms with Crippen LogP contribution in [0.4, 0.5) is 5.69 Å². The number of para-hydroxylation sites is 1. The van der Waals surface area contributed by atoms with E-state index in [-0.39, 0.29) is 23.8 Å². The van der Waals surface area contributed by atoms with Gasteiger partial charge in [-0.2, -0.15) is 0 Å². The largest absolute Gasteiger partial charge is 0.504 e. The molecule has 0 fully saturated rings. The van der Waals surface area contributed by atoms with E-state index in [4.69, 9.17) is 0 Å². The van der Waals surface area contributed by atoms with Gasteiger partial charge in [0.15, 0.2) is 11.5 Å². The molecule has 0 heterocycles. The molecule has 3 N–H and O–H groups in total. The number of benzene rings is 2. The molecule has 0 atom stereocenters. The predicted octanol–water partition coefficient (Wildman–Crippen LogP) is 2.90. The molecule has 2 rings (SSSR count). The van der Waals surface area contributed by atoms with Gasteiger partial charge in [0, 0.05) is 5.69 Å². The zero-order valence-corrected chi connectivity index (χ0v) is 11.5. The fourth-order valence-corrected chi connectivity index (χ4v) is 2.06. The summed E-state index contributed by atoms with van der Waals surface area (Å²) in [5.41, 5.74) is 3.48. The number of carbonyl (C=O) groups is 1. The summed E-state index contributed by atoms with van der Waals surface area (Å²) in [6.07, 6.45) is 0.140. The second-order valence-electron chi connectivity index (χ2n) is 4.81. The fourth-order valence-electron chi connectivity index (χ4n) is 2.06. The number of aryl methyl sites for hydroxylation is 2. The highest BCUT2D eigenvalue weighted by Crippen LogP contribution is 2.25. The second-order valence-corrected chi connectivity index (χ2v) is 4.81. The van der Waals surface area contributed by atoms with Gasteiger partial charge in [0.25, 0.3) is 0 Å². The second kappa shape index (κ2) is 5.65. The predicted molar refractivity (Wildman–Crippen MR) is 78.0 cm³/mol. The third kappa shape index (κ3) is 3.09. The highest BCUT2D eigenvalue weighted by molar-refractivity contribution is 5.93. The van der Waals surface area contributed by atoms with E-state index >= 15 is 0 Å². The lowest BCUT2D eigenvalue weighted by Gasteiger charge is -2.11. The van der Waals surface area contributed by atoms with Crippen LogP contribution < -0.4 is 5.32 Å². The van der Waals surface area contributed by atoms with Gasteiger partial charge in [0.05, 0.1) is 6.42 Å². The highest BCUT2D eigenvalue weighted by Gasteiger charge is 2.09. The van der Waals surface area contributed by atoms with Gasteiger partial charge in [-0.05, 0) is 42.7 Å². The van der Waals surface area contributed by atoms with Crippen LogP contribution >= 0.6 is 0 Å². The van der Waals surface area contributed by atoms with Gasteiger partial charge < -0.3 is 15.5 Å². The molecule has 0 bridgehead atoms. The van der Waals surface area contributed by atoms with Crippen LogP contribution in [0, 0.1) is 13.8 Å². The summed E-state index contributed by atoms with van der Waals surface area (Å²) in [5.74, 6) is -0.571. The van der Waals surface area contributed by atoms with Crippen molar-refractivity contribution in [2.75, 3.05) is 5.32 Å². The van der Waals surface area contributed by atoms with Crippen LogP contribution in [0.2, 0.25) is 0 Å². The number of nitrogens with one attached hydrogen (secondary N) is 1. The summed E-state index contributed by atoms with van der Waals surface area (Å²) >= 11 is 0. The summed E-state index contributed by atoms with van der Waals surface area (Å²) in [4.78, 5) is 12.0. The normalized spacial score (nSPS) is 10.3. The molecule has 2 aromatic carbocycles. The van der Waals surface area contributed by atoms with Crippen LogP contribution in [0.1, 0.15) is 16.7 Å². The molecule has 0 spiro atoms. The Balaban J connectivity index is 2.11. The Morgan fingerprint density at radius 1 is 1.05 bits per heavy atom. The SMILES string of the molecule is Cc1cccc(C)c1NC(=O)Cc1ccc(O)c(O)c1. The maximum absolute atomic E-state index is 12.0. The van der Waals surface area contributed by atoms with Gasteiger partial charge in [-0.3, -0.25) is 4.79 Å². The van der Waals surface area contributed by atoms with Gasteiger partial charge in [0.1, 0.15) is 0 Å². The monoisotopic (exact) mass is 271 g/mol. The average Bonchev–Trinajstić information content (AvgIpc) is 2.38. The first-order chi connectivity index (χ1) is 9.47. The summed E-state index contributed by atoms with van der Waals surface area (Å²) in [6.45, 7) is 3.88. The van der Waals surface area contributed by atoms with Crippen LogP contribution in [-0.4, -0.2) is 16.1 Å². The van der Waals surface area contributed by atoms with E-state index < -0.39 is 0 Å². The van der Waals surface area contributed by atoms with Crippen LogP contribution in [-0.2, 0) is 11.2 Å². The molecule has 0 saturated heterocycles. The summed E-state index contributed by atoms with van der Waals surface area (Å²) in [5, 5.41) is 21.5. The van der Waals surface area contributed by atoms with Crippen molar-refractivity contribution in [2.24, 2.45) is 0 Å². The minimum absolute atomic E-state index is 0.140. The third-order valence-electron chi connectivity index (χ3n) is 3.15. The maximum atomic E-state index is 12.0. The topological polar surface area (TPSA) is 69.6 Å². The molecular formula is C16H17NO3. The number of phenolic OH excluding ortho intramolecular Hbond substituents is 2. The third-order valence-corrected chi connectivity index (χ3v) is 3.15. The number of rotatable bonds is 3. The van der Waals surface area contributed by atoms with Crippen molar-refractivity contribution >= 4 is 11.6 Å². The highest BCUT2D eigenvalue weighted by atomic mass is 16.3. The van der Waals surface area contributed by atoms with Gasteiger partial charge >= 0.3 is 0 Å². The van der Waals surface area contributed by atoms with E-state index in [1.165, 1.54) is 12.1 Å². The smallest absolute Gasteiger partial charge is 0.228 e. The van der Waals surface area contributed by atoms with Crippen LogP contribution in [0.3, 0.4) is 0 Å². The molecule has 0 unspecified atom stereocenters. The molecule has 1 amide bonds. The molecule has 0 aliphatic heterocycles. The quantitative estimate of drug-likeness (QED) is 0.752. The van der Waals surface area contributed by atoms with E-state index in [2.05, 4.69) is 5.32 Å². The minimum atomic E-state index is -0.220. The number of hydrogen-bond acceptors (Lipinski definition) is 3. The minimum Gasteiger partial charge on any atom is -0.504 e. The molecule has 0 aliphatic carbocycles. The van der Waals surface area contributed by atoms with Crippen molar-refractivity contribution in [1.29, 1.82) is 0 Å². The standard InChI is InChI=1S/C16H17NO3/c1-10-4-3-5-11(2)16(10)17-15(20)9-12-6-7-13(18)14(19)8-12/h3-8,18-19H,9H2,1-2H3,(H,17,20). The van der Waals surface area contributed by atoms with Gasteiger partial charge in [-0.1, -0.05) is 24.3 Å². The first-order valence-electron chi connectivity index (χ1n) is 6.34. The number of anilines is 1. The molecule has 4 nitrogen and oxygen atoms in total. The first kappa shape index (κ1) is 13.9. The maximum Gasteiger partial charge on any atom is 0.228 e. The molecule has 0 aromatic heterocycles. The lowest BCUT2D eigenvalue weighted by Crippen LogP contribution is -2.16. The molecule has 0 saturated carbocycles. The molecular weight excluding hydrogens is 254 g/mol. The van der Waals surface area contributed by atoms with Crippen molar-refractivity contribution in [2.45, 2.75) is 20.3 Å². The fraction of sp³-hybridized carbons (Fsp3) is 0.188. The van der Waals surface area contributed by atoms with E-state index in [1.807, 2.05) is 32.0 Å². The Bertz CT molecular complexity index is 630. The van der Waals surface area contributed by atoms with Crippen molar-refractivity contribution in [1.82, 2.24) is 0 Å². The van der Waals surface area contributed by atoms with Crippen LogP contribution in [0.5, 0.6) is 11.5 Å². The van der Waals surface area contributed by atoms with Gasteiger partial charge in [-0.25, -0.2) is 0 Å². The Morgan fingerprint density at radius 2 is 1.70 bits per heavy atom. The Morgan fingerprint density at radius 3 is 2.30 bits per heavy atom. The van der Waals surface area contributed by atoms with Crippen molar-refractivity contribution < 1.29 is 15.0 Å². The zero-order valence-electron chi connectivity index (χ0n) is 11.5. The summed E-state index contributed by atoms with van der Waals surface area (Å²) in [7, 11) is 0. The van der Waals surface area contributed by atoms with Crippen LogP contribution in [0.25, 0.3) is 0 Å². The van der Waals surface area contributed by atoms with E-state index in [9.17, 15) is 15.0 Å². The Kier molecular flexibility index (Phi) is 3.94. The van der Waals surface area contributed by atoms with Crippen molar-refractivity contribution in [3.63, 3.8) is 0 Å². The lowest BCUT2D eigenvalue weighted by molar-refractivity contribution is -0.115. The zero-order chi connectivity index (χ0) is 14.7. The summed E-state index contributed by atoms with van der Waals surface area (Å²) in [6, 6.07) is 10.2. The van der Waals surface area contributed by atoms with Gasteiger partial charge in [-0.15, -0.1) is 0 Å². The molecule has 0 aliphatic rings. The molecule has 2 aromatic rings. The Labute approximate surface area is 117 Å². The van der Waals surface area contributed by atoms with E-state index in [0.717, 1.165) is 16.8 Å². The molecule has 0 radical (unpaired) electrons. The number of amides is 1. The first-order valence-corrected chi connectivity index (χ1v) is 6.34.